The van der Waals surface area contributed by atoms with Gasteiger partial charge in [0.25, 0.3) is 5.56 Å². The summed E-state index contributed by atoms with van der Waals surface area (Å²) in [6, 6.07) is 2.79. The monoisotopic (exact) mass is 270 g/mol. The molecule has 1 N–H and O–H groups in total. The van der Waals surface area contributed by atoms with E-state index in [2.05, 4.69) is 9.97 Å². The van der Waals surface area contributed by atoms with Crippen LogP contribution in [0.4, 0.5) is 13.2 Å². The minimum absolute atomic E-state index is 0.00831. The Morgan fingerprint density at radius 1 is 1.26 bits per heavy atom. The fourth-order valence-electron chi connectivity index (χ4n) is 1.57. The third-order valence-corrected chi connectivity index (χ3v) is 2.38. The van der Waals surface area contributed by atoms with Crippen LogP contribution >= 0.6 is 0 Å². The second kappa shape index (κ2) is 5.23. The van der Waals surface area contributed by atoms with Crippen molar-refractivity contribution in [1.82, 2.24) is 9.97 Å². The molecular weight excluding hydrogens is 261 g/mol. The number of benzene rings is 1. The molecule has 100 valence electrons. The van der Waals surface area contributed by atoms with Gasteiger partial charge in [-0.1, -0.05) is 0 Å². The largest absolute Gasteiger partial charge is 0.377 e. The van der Waals surface area contributed by atoms with Crippen LogP contribution in [0.1, 0.15) is 5.82 Å². The van der Waals surface area contributed by atoms with Crippen LogP contribution in [0.15, 0.2) is 23.0 Å². The summed E-state index contributed by atoms with van der Waals surface area (Å²) in [5, 5.41) is 0. The summed E-state index contributed by atoms with van der Waals surface area (Å²) < 4.78 is 44.4. The van der Waals surface area contributed by atoms with Crippen molar-refractivity contribution in [1.29, 1.82) is 0 Å². The molecule has 0 aliphatic rings. The van der Waals surface area contributed by atoms with Gasteiger partial charge in [-0.3, -0.25) is 4.79 Å². The maximum Gasteiger partial charge on any atom is 0.251 e. The van der Waals surface area contributed by atoms with Crippen molar-refractivity contribution in [3.63, 3.8) is 0 Å². The van der Waals surface area contributed by atoms with E-state index < -0.39 is 23.0 Å². The zero-order chi connectivity index (χ0) is 14.0. The Morgan fingerprint density at radius 3 is 2.68 bits per heavy atom. The van der Waals surface area contributed by atoms with Gasteiger partial charge in [-0.2, -0.15) is 0 Å². The molecule has 0 amide bonds. The van der Waals surface area contributed by atoms with Gasteiger partial charge in [0.2, 0.25) is 0 Å². The van der Waals surface area contributed by atoms with Crippen molar-refractivity contribution < 1.29 is 17.9 Å². The van der Waals surface area contributed by atoms with Crippen LogP contribution in [0.2, 0.25) is 0 Å². The van der Waals surface area contributed by atoms with Crippen molar-refractivity contribution in [2.24, 2.45) is 0 Å². The SMILES string of the molecule is COCc1nc(-c2ccc(F)c(F)c2F)cc(=O)[nH]1. The van der Waals surface area contributed by atoms with Crippen LogP contribution in [0, 0.1) is 17.5 Å². The van der Waals surface area contributed by atoms with E-state index in [1.165, 1.54) is 7.11 Å². The first kappa shape index (κ1) is 13.3. The molecule has 1 aromatic carbocycles. The fourth-order valence-corrected chi connectivity index (χ4v) is 1.57. The number of nitrogens with zero attached hydrogens (tertiary/aromatic N) is 1. The molecule has 0 saturated carbocycles. The van der Waals surface area contributed by atoms with Crippen molar-refractivity contribution in [2.45, 2.75) is 6.61 Å². The molecule has 0 aliphatic carbocycles. The van der Waals surface area contributed by atoms with Gasteiger partial charge in [-0.15, -0.1) is 0 Å². The molecule has 0 fully saturated rings. The average molecular weight is 270 g/mol. The molecule has 1 heterocycles. The maximum absolute atomic E-state index is 13.6. The van der Waals surface area contributed by atoms with Crippen LogP contribution in [0.5, 0.6) is 0 Å². The quantitative estimate of drug-likeness (QED) is 0.868. The summed E-state index contributed by atoms with van der Waals surface area (Å²) in [6.45, 7) is 0.00831. The lowest BCUT2D eigenvalue weighted by Gasteiger charge is -2.06. The first-order valence-corrected chi connectivity index (χ1v) is 5.26. The number of aromatic amines is 1. The molecule has 0 spiro atoms. The Hall–Kier alpha value is -2.15. The van der Waals surface area contributed by atoms with E-state index in [-0.39, 0.29) is 23.7 Å². The highest BCUT2D eigenvalue weighted by Gasteiger charge is 2.16. The van der Waals surface area contributed by atoms with Crippen LogP contribution < -0.4 is 5.56 Å². The maximum atomic E-state index is 13.6. The van der Waals surface area contributed by atoms with E-state index in [1.807, 2.05) is 0 Å². The lowest BCUT2D eigenvalue weighted by Crippen LogP contribution is -2.12. The molecule has 0 atom stereocenters. The highest BCUT2D eigenvalue weighted by Crippen LogP contribution is 2.23. The Morgan fingerprint density at radius 2 is 2.00 bits per heavy atom. The predicted molar refractivity (Wildman–Crippen MR) is 60.9 cm³/mol. The van der Waals surface area contributed by atoms with E-state index in [1.54, 1.807) is 0 Å². The summed E-state index contributed by atoms with van der Waals surface area (Å²) >= 11 is 0. The lowest BCUT2D eigenvalue weighted by atomic mass is 10.1. The Kier molecular flexibility index (Phi) is 3.66. The van der Waals surface area contributed by atoms with E-state index >= 15 is 0 Å². The minimum atomic E-state index is -1.60. The normalized spacial score (nSPS) is 10.7. The first-order valence-electron chi connectivity index (χ1n) is 5.26. The van der Waals surface area contributed by atoms with Crippen LogP contribution in [-0.2, 0) is 11.3 Å². The van der Waals surface area contributed by atoms with Gasteiger partial charge in [0.15, 0.2) is 17.5 Å². The highest BCUT2D eigenvalue weighted by atomic mass is 19.2. The molecule has 19 heavy (non-hydrogen) atoms. The molecule has 7 heteroatoms. The molecular formula is C12H9F3N2O2. The molecule has 0 unspecified atom stereocenters. The summed E-state index contributed by atoms with van der Waals surface area (Å²) in [5.74, 6) is -4.13. The average Bonchev–Trinajstić information content (AvgIpc) is 2.36. The summed E-state index contributed by atoms with van der Waals surface area (Å²) in [7, 11) is 1.39. The summed E-state index contributed by atoms with van der Waals surface area (Å²) in [5.41, 5.74) is -0.921. The van der Waals surface area contributed by atoms with Gasteiger partial charge in [0.05, 0.1) is 5.69 Å². The van der Waals surface area contributed by atoms with E-state index in [0.717, 1.165) is 18.2 Å². The van der Waals surface area contributed by atoms with Gasteiger partial charge in [-0.25, -0.2) is 18.2 Å². The summed E-state index contributed by atoms with van der Waals surface area (Å²) in [6.07, 6.45) is 0. The van der Waals surface area contributed by atoms with Crippen molar-refractivity contribution in [3.8, 4) is 11.3 Å². The van der Waals surface area contributed by atoms with Crippen LogP contribution in [-0.4, -0.2) is 17.1 Å². The van der Waals surface area contributed by atoms with Crippen molar-refractivity contribution >= 4 is 0 Å². The van der Waals surface area contributed by atoms with Crippen molar-refractivity contribution in [3.05, 3.63) is 51.8 Å². The highest BCUT2D eigenvalue weighted by molar-refractivity contribution is 5.59. The molecule has 0 bridgehead atoms. The number of hydrogen-bond acceptors (Lipinski definition) is 3. The second-order valence-corrected chi connectivity index (χ2v) is 3.73. The Bertz CT molecular complexity index is 671. The molecule has 0 saturated heterocycles. The topological polar surface area (TPSA) is 55.0 Å². The smallest absolute Gasteiger partial charge is 0.251 e. The zero-order valence-corrected chi connectivity index (χ0v) is 9.84. The number of rotatable bonds is 3. The number of methoxy groups -OCH3 is 1. The number of nitrogens with one attached hydrogen (secondary N) is 1. The lowest BCUT2D eigenvalue weighted by molar-refractivity contribution is 0.177. The fraction of sp³-hybridized carbons (Fsp3) is 0.167. The van der Waals surface area contributed by atoms with E-state index in [0.29, 0.717) is 0 Å². The number of hydrogen-bond donors (Lipinski definition) is 1. The van der Waals surface area contributed by atoms with Crippen LogP contribution in [0.3, 0.4) is 0 Å². The standard InChI is InChI=1S/C12H9F3N2O2/c1-19-5-9-16-8(4-10(18)17-9)6-2-3-7(13)12(15)11(6)14/h2-4H,5H2,1H3,(H,16,17,18). The molecule has 1 aromatic heterocycles. The van der Waals surface area contributed by atoms with E-state index in [9.17, 15) is 18.0 Å². The zero-order valence-electron chi connectivity index (χ0n) is 9.84. The van der Waals surface area contributed by atoms with Gasteiger partial charge >= 0.3 is 0 Å². The Balaban J connectivity index is 2.59. The number of ether oxygens (including phenoxy) is 1. The minimum Gasteiger partial charge on any atom is -0.377 e. The number of aromatic nitrogens is 2. The molecule has 0 aliphatic heterocycles. The summed E-state index contributed by atoms with van der Waals surface area (Å²) in [4.78, 5) is 17.7. The first-order chi connectivity index (χ1) is 9.02. The molecule has 2 rings (SSSR count). The van der Waals surface area contributed by atoms with Gasteiger partial charge < -0.3 is 9.72 Å². The molecule has 4 nitrogen and oxygen atoms in total. The van der Waals surface area contributed by atoms with E-state index in [4.69, 9.17) is 4.74 Å². The molecule has 0 radical (unpaired) electrons. The number of halogens is 3. The van der Waals surface area contributed by atoms with Gasteiger partial charge in [0, 0.05) is 18.7 Å². The predicted octanol–water partition coefficient (Wildman–Crippen LogP) is 2.00. The van der Waals surface area contributed by atoms with Gasteiger partial charge in [-0.05, 0) is 12.1 Å². The third-order valence-electron chi connectivity index (χ3n) is 2.38. The molecule has 2 aromatic rings. The van der Waals surface area contributed by atoms with Gasteiger partial charge in [0.1, 0.15) is 12.4 Å². The number of H-pyrrole nitrogens is 1. The van der Waals surface area contributed by atoms with Crippen LogP contribution in [0.25, 0.3) is 11.3 Å². The van der Waals surface area contributed by atoms with Crippen molar-refractivity contribution in [2.75, 3.05) is 7.11 Å². The second-order valence-electron chi connectivity index (χ2n) is 3.73. The third kappa shape index (κ3) is 2.65. The Labute approximate surface area is 105 Å².